The van der Waals surface area contributed by atoms with Gasteiger partial charge in [0.1, 0.15) is 11.9 Å². The molecule has 2 amide bonds. The number of ether oxygens (including phenoxy) is 1. The van der Waals surface area contributed by atoms with E-state index in [-0.39, 0.29) is 22.7 Å². The van der Waals surface area contributed by atoms with E-state index >= 15 is 0 Å². The molecule has 2 aromatic carbocycles. The quantitative estimate of drug-likeness (QED) is 0.790. The molecule has 0 radical (unpaired) electrons. The summed E-state index contributed by atoms with van der Waals surface area (Å²) in [6, 6.07) is 12.9. The molecule has 0 unspecified atom stereocenters. The zero-order chi connectivity index (χ0) is 19.2. The van der Waals surface area contributed by atoms with E-state index in [1.54, 1.807) is 12.1 Å². The minimum atomic E-state index is -0.661. The van der Waals surface area contributed by atoms with Crippen LogP contribution >= 0.6 is 11.6 Å². The van der Waals surface area contributed by atoms with Gasteiger partial charge in [-0.25, -0.2) is 9.18 Å². The zero-order valence-corrected chi connectivity index (χ0v) is 15.3. The molecule has 0 bridgehead atoms. The minimum absolute atomic E-state index is 0.0679. The summed E-state index contributed by atoms with van der Waals surface area (Å²) in [6.07, 6.45) is 1.87. The summed E-state index contributed by atoms with van der Waals surface area (Å²) in [5.74, 6) is -1.22. The smallest absolute Gasteiger partial charge is 0.411 e. The van der Waals surface area contributed by atoms with Crippen LogP contribution in [-0.4, -0.2) is 24.1 Å². The Morgan fingerprint density at radius 1 is 1.07 bits per heavy atom. The van der Waals surface area contributed by atoms with E-state index in [1.807, 2.05) is 18.2 Å². The second-order valence-corrected chi connectivity index (χ2v) is 6.86. The maximum Gasteiger partial charge on any atom is 0.411 e. The lowest BCUT2D eigenvalue weighted by Gasteiger charge is -2.29. The Kier molecular flexibility index (Phi) is 6.29. The van der Waals surface area contributed by atoms with Gasteiger partial charge in [-0.2, -0.15) is 0 Å². The number of benzene rings is 2. The molecular formula is C20H20ClFN2O3. The molecule has 3 rings (SSSR count). The van der Waals surface area contributed by atoms with E-state index in [4.69, 9.17) is 16.3 Å². The average Bonchev–Trinajstić information content (AvgIpc) is 2.62. The minimum Gasteiger partial charge on any atom is -0.446 e. The lowest BCUT2D eigenvalue weighted by atomic mass is 9.92. The Morgan fingerprint density at radius 2 is 1.85 bits per heavy atom. The molecule has 7 heteroatoms. The van der Waals surface area contributed by atoms with Gasteiger partial charge in [-0.15, -0.1) is 0 Å². The van der Waals surface area contributed by atoms with Crippen LogP contribution in [0.3, 0.4) is 0 Å². The van der Waals surface area contributed by atoms with Crippen molar-refractivity contribution in [3.8, 4) is 0 Å². The van der Waals surface area contributed by atoms with Gasteiger partial charge in [0.2, 0.25) is 0 Å². The number of halogens is 2. The number of carbonyl (C=O) groups excluding carboxylic acids is 2. The molecule has 1 saturated carbocycles. The van der Waals surface area contributed by atoms with Crippen molar-refractivity contribution in [3.05, 3.63) is 64.9 Å². The molecule has 2 aromatic rings. The maximum atomic E-state index is 13.9. The summed E-state index contributed by atoms with van der Waals surface area (Å²) in [6.45, 7) is 0. The van der Waals surface area contributed by atoms with Crippen LogP contribution < -0.4 is 10.6 Å². The Labute approximate surface area is 161 Å². The molecule has 0 aromatic heterocycles. The highest BCUT2D eigenvalue weighted by atomic mass is 35.5. The van der Waals surface area contributed by atoms with Gasteiger partial charge in [-0.3, -0.25) is 10.1 Å². The number of carbonyl (C=O) groups is 2. The maximum absolute atomic E-state index is 13.9. The van der Waals surface area contributed by atoms with Crippen molar-refractivity contribution in [1.29, 1.82) is 0 Å². The topological polar surface area (TPSA) is 67.4 Å². The number of para-hydroxylation sites is 1. The third-order valence-corrected chi connectivity index (χ3v) is 4.76. The first-order chi connectivity index (χ1) is 13.0. The molecule has 2 atom stereocenters. The highest BCUT2D eigenvalue weighted by Crippen LogP contribution is 2.24. The Bertz CT molecular complexity index is 796. The lowest BCUT2D eigenvalue weighted by Crippen LogP contribution is -2.41. The van der Waals surface area contributed by atoms with E-state index in [9.17, 15) is 14.0 Å². The average molecular weight is 391 g/mol. The summed E-state index contributed by atoms with van der Waals surface area (Å²) >= 11 is 5.94. The van der Waals surface area contributed by atoms with Crippen molar-refractivity contribution < 1.29 is 18.7 Å². The molecule has 142 valence electrons. The number of anilines is 1. The van der Waals surface area contributed by atoms with Gasteiger partial charge in [0.25, 0.3) is 5.91 Å². The number of amides is 2. The molecule has 0 spiro atoms. The van der Waals surface area contributed by atoms with Crippen LogP contribution in [0.4, 0.5) is 14.9 Å². The van der Waals surface area contributed by atoms with Crippen molar-refractivity contribution in [2.75, 3.05) is 5.32 Å². The van der Waals surface area contributed by atoms with Crippen molar-refractivity contribution >= 4 is 29.3 Å². The second kappa shape index (κ2) is 8.86. The van der Waals surface area contributed by atoms with Gasteiger partial charge in [-0.1, -0.05) is 35.9 Å². The third kappa shape index (κ3) is 5.20. The molecule has 0 heterocycles. The molecule has 1 aliphatic carbocycles. The monoisotopic (exact) mass is 390 g/mol. The fourth-order valence-corrected chi connectivity index (χ4v) is 3.42. The molecular weight excluding hydrogens is 371 g/mol. The number of nitrogens with one attached hydrogen (secondary N) is 2. The van der Waals surface area contributed by atoms with Crippen molar-refractivity contribution in [1.82, 2.24) is 5.32 Å². The fraction of sp³-hybridized carbons (Fsp3) is 0.300. The first-order valence-electron chi connectivity index (χ1n) is 8.80. The highest BCUT2D eigenvalue weighted by Gasteiger charge is 2.27. The molecule has 1 aliphatic rings. The van der Waals surface area contributed by atoms with Gasteiger partial charge in [-0.05, 0) is 43.5 Å². The summed E-state index contributed by atoms with van der Waals surface area (Å²) in [7, 11) is 0. The zero-order valence-electron chi connectivity index (χ0n) is 14.6. The summed E-state index contributed by atoms with van der Waals surface area (Å²) in [5, 5.41) is 5.53. The normalized spacial score (nSPS) is 19.2. The fourth-order valence-electron chi connectivity index (χ4n) is 3.18. The summed E-state index contributed by atoms with van der Waals surface area (Å²) in [5.41, 5.74) is 0.487. The van der Waals surface area contributed by atoms with Crippen molar-refractivity contribution in [2.24, 2.45) is 0 Å². The number of hydrogen-bond acceptors (Lipinski definition) is 3. The van der Waals surface area contributed by atoms with Crippen molar-refractivity contribution in [3.63, 3.8) is 0 Å². The third-order valence-electron chi connectivity index (χ3n) is 4.45. The predicted octanol–water partition coefficient (Wildman–Crippen LogP) is 4.77. The SMILES string of the molecule is O=C(Nc1ccccc1)O[C@H]1CCC[C@H](NC(=O)c2c(F)cccc2Cl)C1. The second-order valence-electron chi connectivity index (χ2n) is 6.45. The lowest BCUT2D eigenvalue weighted by molar-refractivity contribution is 0.0711. The summed E-state index contributed by atoms with van der Waals surface area (Å²) < 4.78 is 19.3. The van der Waals surface area contributed by atoms with Crippen LogP contribution in [0.25, 0.3) is 0 Å². The first-order valence-corrected chi connectivity index (χ1v) is 9.18. The van der Waals surface area contributed by atoms with Crippen LogP contribution in [0.1, 0.15) is 36.0 Å². The van der Waals surface area contributed by atoms with Gasteiger partial charge < -0.3 is 10.1 Å². The molecule has 27 heavy (non-hydrogen) atoms. The molecule has 5 nitrogen and oxygen atoms in total. The number of hydrogen-bond donors (Lipinski definition) is 2. The van der Waals surface area contributed by atoms with E-state index in [0.29, 0.717) is 12.1 Å². The molecule has 0 aliphatic heterocycles. The van der Waals surface area contributed by atoms with Gasteiger partial charge in [0, 0.05) is 18.2 Å². The first kappa shape index (κ1) is 19.2. The largest absolute Gasteiger partial charge is 0.446 e. The van der Waals surface area contributed by atoms with Gasteiger partial charge in [0.15, 0.2) is 0 Å². The standard InChI is InChI=1S/C20H20ClFN2O3/c21-16-10-5-11-17(22)18(16)19(25)23-14-8-4-9-15(12-14)27-20(26)24-13-6-2-1-3-7-13/h1-3,5-7,10-11,14-15H,4,8-9,12H2,(H,23,25)(H,24,26)/t14-,15-/m0/s1. The molecule has 0 saturated heterocycles. The van der Waals surface area contributed by atoms with E-state index in [0.717, 1.165) is 19.3 Å². The Morgan fingerprint density at radius 3 is 2.59 bits per heavy atom. The molecule has 2 N–H and O–H groups in total. The van der Waals surface area contributed by atoms with Crippen LogP contribution in [0.5, 0.6) is 0 Å². The summed E-state index contributed by atoms with van der Waals surface area (Å²) in [4.78, 5) is 24.4. The van der Waals surface area contributed by atoms with Gasteiger partial charge in [0.05, 0.1) is 10.6 Å². The van der Waals surface area contributed by atoms with Crippen LogP contribution in [0, 0.1) is 5.82 Å². The predicted molar refractivity (Wildman–Crippen MR) is 101 cm³/mol. The van der Waals surface area contributed by atoms with E-state index in [2.05, 4.69) is 10.6 Å². The van der Waals surface area contributed by atoms with Crippen LogP contribution in [0.2, 0.25) is 5.02 Å². The van der Waals surface area contributed by atoms with E-state index < -0.39 is 17.8 Å². The van der Waals surface area contributed by atoms with Gasteiger partial charge >= 0.3 is 6.09 Å². The Balaban J connectivity index is 1.55. The number of rotatable bonds is 4. The molecule has 1 fully saturated rings. The van der Waals surface area contributed by atoms with Crippen LogP contribution in [-0.2, 0) is 4.74 Å². The Hall–Kier alpha value is -2.60. The van der Waals surface area contributed by atoms with Crippen molar-refractivity contribution in [2.45, 2.75) is 37.8 Å². The van der Waals surface area contributed by atoms with E-state index in [1.165, 1.54) is 18.2 Å². The van der Waals surface area contributed by atoms with Crippen LogP contribution in [0.15, 0.2) is 48.5 Å². The highest BCUT2D eigenvalue weighted by molar-refractivity contribution is 6.33.